The zero-order chi connectivity index (χ0) is 14.1. The van der Waals surface area contributed by atoms with Crippen LogP contribution < -0.4 is 0 Å². The second-order valence-electron chi connectivity index (χ2n) is 4.62. The first-order chi connectivity index (χ1) is 9.70. The van der Waals surface area contributed by atoms with Crippen molar-refractivity contribution < 1.29 is 4.79 Å². The number of thiophene rings is 1. The van der Waals surface area contributed by atoms with Crippen LogP contribution in [0, 0.1) is 13.8 Å². The number of rotatable bonds is 3. The van der Waals surface area contributed by atoms with Gasteiger partial charge in [0, 0.05) is 0 Å². The number of carbonyl (C=O) groups excluding carboxylic acids is 1. The highest BCUT2D eigenvalue weighted by Crippen LogP contribution is 2.29. The molecular weight excluding hydrogens is 270 g/mol. The van der Waals surface area contributed by atoms with Crippen LogP contribution in [0.25, 0.3) is 16.3 Å². The highest BCUT2D eigenvalue weighted by molar-refractivity contribution is 7.13. The molecule has 0 N–H and O–H groups in total. The molecule has 2 aromatic heterocycles. The van der Waals surface area contributed by atoms with E-state index < -0.39 is 0 Å². The summed E-state index contributed by atoms with van der Waals surface area (Å²) in [6.45, 7) is 4.08. The van der Waals surface area contributed by atoms with Gasteiger partial charge in [0.2, 0.25) is 0 Å². The minimum atomic E-state index is 0.368. The molecule has 2 heterocycles. The van der Waals surface area contributed by atoms with E-state index in [4.69, 9.17) is 0 Å². The zero-order valence-corrected chi connectivity index (χ0v) is 12.0. The highest BCUT2D eigenvalue weighted by atomic mass is 32.1. The average molecular weight is 283 g/mol. The first kappa shape index (κ1) is 12.7. The van der Waals surface area contributed by atoms with E-state index in [1.54, 1.807) is 16.0 Å². The number of aryl methyl sites for hydroxylation is 2. The van der Waals surface area contributed by atoms with Gasteiger partial charge < -0.3 is 0 Å². The van der Waals surface area contributed by atoms with E-state index in [0.717, 1.165) is 28.1 Å². The van der Waals surface area contributed by atoms with Crippen LogP contribution in [0.15, 0.2) is 35.7 Å². The van der Waals surface area contributed by atoms with Gasteiger partial charge in [0.05, 0.1) is 10.6 Å². The molecule has 0 spiro atoms. The number of aromatic nitrogens is 3. The van der Waals surface area contributed by atoms with Gasteiger partial charge in [-0.1, -0.05) is 29.0 Å². The Bertz CT molecular complexity index is 760. The van der Waals surface area contributed by atoms with Crippen molar-refractivity contribution in [3.63, 3.8) is 0 Å². The minimum Gasteiger partial charge on any atom is -0.296 e. The summed E-state index contributed by atoms with van der Waals surface area (Å²) in [7, 11) is 0. The zero-order valence-electron chi connectivity index (χ0n) is 11.2. The van der Waals surface area contributed by atoms with Crippen LogP contribution in [0.2, 0.25) is 0 Å². The molecule has 0 aliphatic heterocycles. The Kier molecular flexibility index (Phi) is 3.20. The molecule has 100 valence electrons. The SMILES string of the molecule is Cc1ccc(-n2nnc(C=O)c2-c2cccs2)c(C)c1. The van der Waals surface area contributed by atoms with E-state index in [1.807, 2.05) is 36.6 Å². The van der Waals surface area contributed by atoms with Crippen LogP contribution in [-0.4, -0.2) is 21.3 Å². The number of benzene rings is 1. The van der Waals surface area contributed by atoms with Crippen LogP contribution in [0.3, 0.4) is 0 Å². The second kappa shape index (κ2) is 5.02. The highest BCUT2D eigenvalue weighted by Gasteiger charge is 2.17. The normalized spacial score (nSPS) is 10.7. The van der Waals surface area contributed by atoms with Crippen LogP contribution in [0.4, 0.5) is 0 Å². The summed E-state index contributed by atoms with van der Waals surface area (Å²) >= 11 is 1.57. The lowest BCUT2D eigenvalue weighted by Crippen LogP contribution is -2.02. The van der Waals surface area contributed by atoms with E-state index in [1.165, 1.54) is 5.56 Å². The van der Waals surface area contributed by atoms with Crippen molar-refractivity contribution in [1.29, 1.82) is 0 Å². The predicted octanol–water partition coefficient (Wildman–Crippen LogP) is 3.43. The molecule has 4 nitrogen and oxygen atoms in total. The first-order valence-electron chi connectivity index (χ1n) is 6.23. The quantitative estimate of drug-likeness (QED) is 0.692. The van der Waals surface area contributed by atoms with Gasteiger partial charge in [-0.2, -0.15) is 0 Å². The van der Waals surface area contributed by atoms with Crippen LogP contribution in [-0.2, 0) is 0 Å². The monoisotopic (exact) mass is 283 g/mol. The van der Waals surface area contributed by atoms with E-state index in [0.29, 0.717) is 5.69 Å². The fraction of sp³-hybridized carbons (Fsp3) is 0.133. The predicted molar refractivity (Wildman–Crippen MR) is 79.5 cm³/mol. The Morgan fingerprint density at radius 1 is 1.25 bits per heavy atom. The van der Waals surface area contributed by atoms with E-state index in [9.17, 15) is 4.79 Å². The van der Waals surface area contributed by atoms with Crippen molar-refractivity contribution in [3.05, 3.63) is 52.5 Å². The van der Waals surface area contributed by atoms with E-state index >= 15 is 0 Å². The molecular formula is C15H13N3OS. The molecule has 0 saturated carbocycles. The van der Waals surface area contributed by atoms with Crippen molar-refractivity contribution in [2.24, 2.45) is 0 Å². The standard InChI is InChI=1S/C15H13N3OS/c1-10-5-6-13(11(2)8-10)18-15(12(9-19)16-17-18)14-4-3-7-20-14/h3-9H,1-2H3. The van der Waals surface area contributed by atoms with Gasteiger partial charge >= 0.3 is 0 Å². The van der Waals surface area contributed by atoms with Gasteiger partial charge in [-0.15, -0.1) is 16.4 Å². The molecule has 0 fully saturated rings. The lowest BCUT2D eigenvalue weighted by Gasteiger charge is -2.09. The van der Waals surface area contributed by atoms with Crippen molar-refractivity contribution in [2.75, 3.05) is 0 Å². The summed E-state index contributed by atoms with van der Waals surface area (Å²) in [6.07, 6.45) is 0.752. The third-order valence-electron chi connectivity index (χ3n) is 3.14. The molecule has 3 rings (SSSR count). The van der Waals surface area contributed by atoms with Crippen molar-refractivity contribution in [3.8, 4) is 16.3 Å². The molecule has 3 aromatic rings. The lowest BCUT2D eigenvalue weighted by molar-refractivity contribution is 0.111. The van der Waals surface area contributed by atoms with Gasteiger partial charge in [0.15, 0.2) is 12.0 Å². The summed E-state index contributed by atoms with van der Waals surface area (Å²) in [6, 6.07) is 10.0. The fourth-order valence-corrected chi connectivity index (χ4v) is 2.99. The summed E-state index contributed by atoms with van der Waals surface area (Å²) in [5.74, 6) is 0. The summed E-state index contributed by atoms with van der Waals surface area (Å²) in [5, 5.41) is 10.1. The molecule has 0 amide bonds. The second-order valence-corrected chi connectivity index (χ2v) is 5.57. The smallest absolute Gasteiger partial charge is 0.172 e. The maximum Gasteiger partial charge on any atom is 0.172 e. The van der Waals surface area contributed by atoms with Crippen molar-refractivity contribution >= 4 is 17.6 Å². The Morgan fingerprint density at radius 3 is 2.75 bits per heavy atom. The van der Waals surface area contributed by atoms with Crippen molar-refractivity contribution in [1.82, 2.24) is 15.0 Å². The maximum absolute atomic E-state index is 11.2. The fourth-order valence-electron chi connectivity index (χ4n) is 2.23. The lowest BCUT2D eigenvalue weighted by atomic mass is 10.1. The largest absolute Gasteiger partial charge is 0.296 e. The molecule has 0 aliphatic rings. The van der Waals surface area contributed by atoms with Gasteiger partial charge in [-0.25, -0.2) is 4.68 Å². The molecule has 0 bridgehead atoms. The molecule has 0 saturated heterocycles. The van der Waals surface area contributed by atoms with Gasteiger partial charge in [-0.3, -0.25) is 4.79 Å². The number of hydrogen-bond donors (Lipinski definition) is 0. The molecule has 1 aromatic carbocycles. The van der Waals surface area contributed by atoms with E-state index in [-0.39, 0.29) is 0 Å². The first-order valence-corrected chi connectivity index (χ1v) is 7.11. The Morgan fingerprint density at radius 2 is 2.10 bits per heavy atom. The average Bonchev–Trinajstić information content (AvgIpc) is 3.06. The number of aldehydes is 1. The summed E-state index contributed by atoms with van der Waals surface area (Å²) < 4.78 is 1.74. The maximum atomic E-state index is 11.2. The van der Waals surface area contributed by atoms with Gasteiger partial charge in [0.25, 0.3) is 0 Å². The molecule has 0 atom stereocenters. The molecule has 0 unspecified atom stereocenters. The number of nitrogens with zero attached hydrogens (tertiary/aromatic N) is 3. The van der Waals surface area contributed by atoms with Gasteiger partial charge in [0.1, 0.15) is 5.69 Å². The summed E-state index contributed by atoms with van der Waals surface area (Å²) in [4.78, 5) is 12.2. The topological polar surface area (TPSA) is 47.8 Å². The summed E-state index contributed by atoms with van der Waals surface area (Å²) in [5.41, 5.74) is 4.36. The van der Waals surface area contributed by atoms with Crippen LogP contribution in [0.1, 0.15) is 21.6 Å². The Balaban J connectivity index is 2.24. The third kappa shape index (κ3) is 2.06. The molecule has 0 aliphatic carbocycles. The Labute approximate surface area is 120 Å². The van der Waals surface area contributed by atoms with Crippen molar-refractivity contribution in [2.45, 2.75) is 13.8 Å². The number of hydrogen-bond acceptors (Lipinski definition) is 4. The molecule has 5 heteroatoms. The van der Waals surface area contributed by atoms with Crippen LogP contribution >= 0.6 is 11.3 Å². The minimum absolute atomic E-state index is 0.368. The van der Waals surface area contributed by atoms with Gasteiger partial charge in [-0.05, 0) is 36.9 Å². The number of carbonyl (C=O) groups is 1. The molecule has 0 radical (unpaired) electrons. The Hall–Kier alpha value is -2.27. The third-order valence-corrected chi connectivity index (χ3v) is 4.02. The van der Waals surface area contributed by atoms with E-state index in [2.05, 4.69) is 23.3 Å². The van der Waals surface area contributed by atoms with Crippen LogP contribution in [0.5, 0.6) is 0 Å². The molecule has 20 heavy (non-hydrogen) atoms.